The minimum atomic E-state index is -0.0710. The van der Waals surface area contributed by atoms with Crippen LogP contribution in [0.15, 0.2) is 59.4 Å². The van der Waals surface area contributed by atoms with Crippen molar-refractivity contribution in [3.8, 4) is 16.9 Å². The number of hydrogen-bond donors (Lipinski definition) is 2. The van der Waals surface area contributed by atoms with Crippen molar-refractivity contribution in [2.75, 3.05) is 14.2 Å². The molecule has 0 aliphatic carbocycles. The molecule has 0 saturated carbocycles. The Morgan fingerprint density at radius 1 is 1.07 bits per heavy atom. The second-order valence-corrected chi connectivity index (χ2v) is 8.42. The molecule has 5 nitrogen and oxygen atoms in total. The first-order valence-electron chi connectivity index (χ1n) is 9.57. The molecule has 6 heteroatoms. The lowest BCUT2D eigenvalue weighted by molar-refractivity contribution is -0.908. The summed E-state index contributed by atoms with van der Waals surface area (Å²) in [7, 11) is 3.77. The van der Waals surface area contributed by atoms with Crippen LogP contribution in [0.2, 0.25) is 0 Å². The van der Waals surface area contributed by atoms with Crippen LogP contribution in [-0.4, -0.2) is 24.1 Å². The van der Waals surface area contributed by atoms with Crippen LogP contribution in [0, 0.1) is 6.92 Å². The second kappa shape index (κ2) is 8.19. The lowest BCUT2D eigenvalue weighted by Gasteiger charge is -2.15. The Morgan fingerprint density at radius 2 is 1.79 bits per heavy atom. The molecule has 0 aliphatic heterocycles. The van der Waals surface area contributed by atoms with Gasteiger partial charge in [0.1, 0.15) is 23.7 Å². The lowest BCUT2D eigenvalue weighted by Crippen LogP contribution is -3.06. The highest BCUT2D eigenvalue weighted by molar-refractivity contribution is 7.19. The van der Waals surface area contributed by atoms with E-state index < -0.39 is 0 Å². The Balaban J connectivity index is 1.64. The molecular formula is C23H24N3O2S+. The zero-order valence-corrected chi connectivity index (χ0v) is 17.6. The monoisotopic (exact) mass is 406 g/mol. The summed E-state index contributed by atoms with van der Waals surface area (Å²) in [4.78, 5) is 23.8. The summed E-state index contributed by atoms with van der Waals surface area (Å²) < 4.78 is 5.45. The Labute approximate surface area is 173 Å². The summed E-state index contributed by atoms with van der Waals surface area (Å²) >= 11 is 1.58. The molecule has 0 amide bonds. The Morgan fingerprint density at radius 3 is 2.55 bits per heavy atom. The van der Waals surface area contributed by atoms with Crippen LogP contribution in [0.25, 0.3) is 21.3 Å². The van der Waals surface area contributed by atoms with Crippen molar-refractivity contribution >= 4 is 21.6 Å². The molecule has 0 fully saturated rings. The highest BCUT2D eigenvalue weighted by atomic mass is 32.1. The minimum absolute atomic E-state index is 0.0710. The molecule has 148 valence electrons. The van der Waals surface area contributed by atoms with E-state index in [1.54, 1.807) is 18.4 Å². The zero-order chi connectivity index (χ0) is 20.4. The highest BCUT2D eigenvalue weighted by Gasteiger charge is 2.18. The van der Waals surface area contributed by atoms with E-state index in [0.717, 1.165) is 38.7 Å². The number of para-hydroxylation sites is 1. The van der Waals surface area contributed by atoms with Crippen molar-refractivity contribution in [1.82, 2.24) is 9.97 Å². The number of quaternary nitrogens is 1. The molecule has 0 spiro atoms. The van der Waals surface area contributed by atoms with Gasteiger partial charge in [-0.1, -0.05) is 42.5 Å². The van der Waals surface area contributed by atoms with E-state index in [1.807, 2.05) is 55.5 Å². The van der Waals surface area contributed by atoms with Gasteiger partial charge in [0.2, 0.25) is 0 Å². The number of ether oxygens (including phenoxy) is 1. The quantitative estimate of drug-likeness (QED) is 0.517. The average Bonchev–Trinajstić information content (AvgIpc) is 3.05. The second-order valence-electron chi connectivity index (χ2n) is 7.21. The van der Waals surface area contributed by atoms with Crippen molar-refractivity contribution in [3.05, 3.63) is 81.2 Å². The summed E-state index contributed by atoms with van der Waals surface area (Å²) in [6.45, 7) is 3.46. The predicted octanol–water partition coefficient (Wildman–Crippen LogP) is 3.18. The standard InChI is InChI=1S/C23H23N3O2S/c1-15-20(16-9-5-4-6-10-16)21-22(27)24-19(25-23(21)29-15)14-26(2)13-17-11-7-8-12-18(17)28-3/h4-12H,13-14H2,1-3H3,(H,24,25,27)/p+1. The molecule has 2 heterocycles. The van der Waals surface area contributed by atoms with E-state index >= 15 is 0 Å². The molecule has 1 atom stereocenters. The first-order valence-corrected chi connectivity index (χ1v) is 10.4. The Kier molecular flexibility index (Phi) is 5.47. The maximum Gasteiger partial charge on any atom is 0.260 e. The van der Waals surface area contributed by atoms with Crippen molar-refractivity contribution in [3.63, 3.8) is 0 Å². The summed E-state index contributed by atoms with van der Waals surface area (Å²) in [5.41, 5.74) is 3.10. The fourth-order valence-electron chi connectivity index (χ4n) is 3.72. The number of methoxy groups -OCH3 is 1. The number of aromatic nitrogens is 2. The van der Waals surface area contributed by atoms with E-state index in [9.17, 15) is 4.79 Å². The number of hydrogen-bond acceptors (Lipinski definition) is 4. The van der Waals surface area contributed by atoms with Crippen LogP contribution >= 0.6 is 11.3 Å². The molecule has 2 N–H and O–H groups in total. The largest absolute Gasteiger partial charge is 0.496 e. The summed E-state index contributed by atoms with van der Waals surface area (Å²) in [5, 5.41) is 0.685. The molecule has 4 rings (SSSR count). The van der Waals surface area contributed by atoms with Crippen molar-refractivity contribution < 1.29 is 9.64 Å². The third-order valence-electron chi connectivity index (χ3n) is 5.00. The molecule has 2 aromatic carbocycles. The van der Waals surface area contributed by atoms with Gasteiger partial charge in [-0.15, -0.1) is 11.3 Å². The average molecular weight is 407 g/mol. The van der Waals surface area contributed by atoms with E-state index in [-0.39, 0.29) is 5.56 Å². The number of H-pyrrole nitrogens is 1. The van der Waals surface area contributed by atoms with Gasteiger partial charge in [0.15, 0.2) is 5.82 Å². The van der Waals surface area contributed by atoms with E-state index in [2.05, 4.69) is 18.1 Å². The zero-order valence-electron chi connectivity index (χ0n) is 16.8. The van der Waals surface area contributed by atoms with Gasteiger partial charge in [0.25, 0.3) is 5.56 Å². The summed E-state index contributed by atoms with van der Waals surface area (Å²) in [5.74, 6) is 1.58. The molecule has 29 heavy (non-hydrogen) atoms. The van der Waals surface area contributed by atoms with Crippen molar-refractivity contribution in [2.24, 2.45) is 0 Å². The first-order chi connectivity index (χ1) is 14.1. The van der Waals surface area contributed by atoms with Gasteiger partial charge < -0.3 is 14.6 Å². The first kappa shape index (κ1) is 19.4. The Hall–Kier alpha value is -2.96. The topological polar surface area (TPSA) is 59.4 Å². The number of nitrogens with one attached hydrogen (secondary N) is 2. The van der Waals surface area contributed by atoms with Gasteiger partial charge in [-0.3, -0.25) is 4.79 Å². The number of aromatic amines is 1. The van der Waals surface area contributed by atoms with Gasteiger partial charge in [0.05, 0.1) is 19.5 Å². The number of aryl methyl sites for hydroxylation is 1. The number of fused-ring (bicyclic) bond motifs is 1. The lowest BCUT2D eigenvalue weighted by atomic mass is 10.0. The Bertz CT molecular complexity index is 1200. The maximum absolute atomic E-state index is 12.9. The third kappa shape index (κ3) is 3.95. The number of rotatable bonds is 6. The van der Waals surface area contributed by atoms with Crippen LogP contribution in [-0.2, 0) is 13.1 Å². The van der Waals surface area contributed by atoms with Crippen LogP contribution < -0.4 is 15.2 Å². The van der Waals surface area contributed by atoms with Crippen molar-refractivity contribution in [2.45, 2.75) is 20.0 Å². The molecular weight excluding hydrogens is 382 g/mol. The van der Waals surface area contributed by atoms with Gasteiger partial charge in [-0.2, -0.15) is 0 Å². The number of benzene rings is 2. The highest BCUT2D eigenvalue weighted by Crippen LogP contribution is 2.35. The maximum atomic E-state index is 12.9. The minimum Gasteiger partial charge on any atom is -0.496 e. The molecule has 4 aromatic rings. The van der Waals surface area contributed by atoms with Crippen LogP contribution in [0.3, 0.4) is 0 Å². The molecule has 0 saturated heterocycles. The molecule has 0 aliphatic rings. The van der Waals surface area contributed by atoms with Crippen molar-refractivity contribution in [1.29, 1.82) is 0 Å². The van der Waals surface area contributed by atoms with Gasteiger partial charge in [0, 0.05) is 16.0 Å². The molecule has 0 bridgehead atoms. The van der Waals surface area contributed by atoms with Gasteiger partial charge in [-0.05, 0) is 24.6 Å². The van der Waals surface area contributed by atoms with Gasteiger partial charge in [-0.25, -0.2) is 4.98 Å². The SMILES string of the molecule is COc1ccccc1C[NH+](C)Cc1nc2sc(C)c(-c3ccccc3)c2c(=O)[nH]1. The molecule has 2 aromatic heterocycles. The van der Waals surface area contributed by atoms with Crippen LogP contribution in [0.4, 0.5) is 0 Å². The number of nitrogens with zero attached hydrogens (tertiary/aromatic N) is 1. The van der Waals surface area contributed by atoms with E-state index in [0.29, 0.717) is 17.8 Å². The summed E-state index contributed by atoms with van der Waals surface area (Å²) in [6.07, 6.45) is 0. The molecule has 0 radical (unpaired) electrons. The summed E-state index contributed by atoms with van der Waals surface area (Å²) in [6, 6.07) is 18.0. The number of thiophene rings is 1. The fraction of sp³-hybridized carbons (Fsp3) is 0.217. The van der Waals surface area contributed by atoms with Crippen LogP contribution in [0.1, 0.15) is 16.3 Å². The normalized spacial score (nSPS) is 12.2. The van der Waals surface area contributed by atoms with Crippen LogP contribution in [0.5, 0.6) is 5.75 Å². The van der Waals surface area contributed by atoms with Gasteiger partial charge >= 0.3 is 0 Å². The van der Waals surface area contributed by atoms with E-state index in [4.69, 9.17) is 9.72 Å². The fourth-order valence-corrected chi connectivity index (χ4v) is 4.79. The third-order valence-corrected chi connectivity index (χ3v) is 6.00. The molecule has 1 unspecified atom stereocenters. The predicted molar refractivity (Wildman–Crippen MR) is 118 cm³/mol. The smallest absolute Gasteiger partial charge is 0.260 e. The van der Waals surface area contributed by atoms with E-state index in [1.165, 1.54) is 4.90 Å².